The van der Waals surface area contributed by atoms with Crippen molar-refractivity contribution < 1.29 is 96.9 Å². The number of Topliss-reactive ketones (excluding diaryl/α,β-unsaturated/α-hetero) is 3. The number of aliphatic hydroxyl groups excluding tert-OH is 4. The topological polar surface area (TPSA) is 290 Å². The summed E-state index contributed by atoms with van der Waals surface area (Å²) in [5.41, 5.74) is 1.18. The molecule has 80 heavy (non-hydrogen) atoms. The molecule has 20 atom stereocenters. The molecule has 1 amide bonds. The van der Waals surface area contributed by atoms with Gasteiger partial charge in [0.2, 0.25) is 12.1 Å². The van der Waals surface area contributed by atoms with Gasteiger partial charge in [0.15, 0.2) is 5.78 Å². The van der Waals surface area contributed by atoms with E-state index < -0.39 is 139 Å². The van der Waals surface area contributed by atoms with Crippen LogP contribution in [0, 0.1) is 35.5 Å². The Bertz CT molecular complexity index is 2210. The van der Waals surface area contributed by atoms with E-state index in [-0.39, 0.29) is 49.2 Å². The molecule has 4 fully saturated rings. The molecule has 4 aliphatic heterocycles. The van der Waals surface area contributed by atoms with E-state index in [0.717, 1.165) is 10.5 Å². The van der Waals surface area contributed by atoms with Crippen LogP contribution in [0.5, 0.6) is 0 Å². The monoisotopic (exact) mass is 1130 g/mol. The van der Waals surface area contributed by atoms with E-state index in [1.165, 1.54) is 21.3 Å². The summed E-state index contributed by atoms with van der Waals surface area (Å²) >= 11 is 0. The molecule has 5 aliphatic rings. The highest BCUT2D eigenvalue weighted by Gasteiger charge is 2.53. The Balaban J connectivity index is 1.41. The van der Waals surface area contributed by atoms with E-state index in [4.69, 9.17) is 42.6 Å². The smallest absolute Gasteiger partial charge is 0.460 e. The molecule has 5 N–H and O–H groups in total. The van der Waals surface area contributed by atoms with Gasteiger partial charge in [-0.3, -0.25) is 19.2 Å². The van der Waals surface area contributed by atoms with Crippen molar-refractivity contribution in [3.8, 4) is 0 Å². The van der Waals surface area contributed by atoms with Crippen LogP contribution in [0.1, 0.15) is 126 Å². The maximum atomic E-state index is 14.6. The van der Waals surface area contributed by atoms with Gasteiger partial charge in [-0.05, 0) is 107 Å². The Kier molecular flexibility index (Phi) is 25.7. The van der Waals surface area contributed by atoms with E-state index in [2.05, 4.69) is 0 Å². The number of piperidine rings is 1. The van der Waals surface area contributed by atoms with Crippen molar-refractivity contribution in [2.24, 2.45) is 35.5 Å². The second-order valence-electron chi connectivity index (χ2n) is 23.0. The molecule has 0 spiro atoms. The third-order valence-corrected chi connectivity index (χ3v) is 17.0. The number of nitrogens with zero attached hydrogens (tertiary/aromatic N) is 1. The van der Waals surface area contributed by atoms with Gasteiger partial charge < -0.3 is 73.1 Å². The van der Waals surface area contributed by atoms with Crippen LogP contribution < -0.4 is 0 Å². The summed E-state index contributed by atoms with van der Waals surface area (Å²) < 4.78 is 51.5. The average Bonchev–Trinajstić information content (AvgIpc) is 3.48. The summed E-state index contributed by atoms with van der Waals surface area (Å²) in [7, 11) is 5.60. The first-order valence-electron chi connectivity index (χ1n) is 28.4. The summed E-state index contributed by atoms with van der Waals surface area (Å²) in [5.74, 6) is -8.97. The zero-order chi connectivity index (χ0) is 59.2. The summed E-state index contributed by atoms with van der Waals surface area (Å²) in [5, 5.41) is 54.1. The van der Waals surface area contributed by atoms with E-state index in [0.29, 0.717) is 63.4 Å². The van der Waals surface area contributed by atoms with Gasteiger partial charge in [-0.25, -0.2) is 9.59 Å². The molecule has 0 aromatic carbocycles. The van der Waals surface area contributed by atoms with E-state index in [9.17, 15) is 54.3 Å². The molecule has 5 rings (SSSR count). The first-order valence-corrected chi connectivity index (χ1v) is 28.4. The van der Waals surface area contributed by atoms with Crippen molar-refractivity contribution in [1.29, 1.82) is 0 Å². The van der Waals surface area contributed by atoms with Gasteiger partial charge in [0.1, 0.15) is 60.7 Å². The standard InChI is InChI=1S/C59H91NO20/c1-32-17-13-12-14-18-33(2)44(72-8)29-40-22-20-38(7)59(71,80-40)54(67)55(68)60-24-16-15-19-41(60)56(69)76-45(30-42(62)34(3)26-37(6)49(64)52(74-10)48(63)36(5)25-32)35(4)27-39-21-23-43(46(28-39)73-9)78-58(70)79-57-53(75-11)51(66)50(65)47(31-61)77-57/h12-14,17-18,26,32,34-36,38-41,43-47,49-53,57,61,64-66,71H,15-16,19-25,27-31H2,1-11H3/b14-12+,17-13+,33-18+,37-26+/t32-,34-,35-,36+,38-,39-,40+,41?,43-,44+,45+,46-,47-,49-,50-,51+,52+,53-,57+,59-/m1/s1. The Hall–Kier alpha value is -4.26. The lowest BCUT2D eigenvalue weighted by Crippen LogP contribution is -2.61. The number of aliphatic hydroxyl groups is 5. The lowest BCUT2D eigenvalue weighted by atomic mass is 9.78. The molecule has 3 saturated heterocycles. The molecule has 452 valence electrons. The molecule has 1 saturated carbocycles. The zero-order valence-corrected chi connectivity index (χ0v) is 48.6. The number of carbonyl (C=O) groups excluding carboxylic acids is 6. The van der Waals surface area contributed by atoms with Crippen LogP contribution in [-0.2, 0) is 66.6 Å². The van der Waals surface area contributed by atoms with Crippen LogP contribution >= 0.6 is 0 Å². The first kappa shape index (κ1) is 66.5. The zero-order valence-electron chi connectivity index (χ0n) is 48.6. The van der Waals surface area contributed by atoms with Gasteiger partial charge >= 0.3 is 12.1 Å². The second kappa shape index (κ2) is 30.9. The van der Waals surface area contributed by atoms with Crippen LogP contribution in [0.25, 0.3) is 0 Å². The van der Waals surface area contributed by atoms with E-state index >= 15 is 0 Å². The molecule has 0 aromatic rings. The predicted octanol–water partition coefficient (Wildman–Crippen LogP) is 4.80. The van der Waals surface area contributed by atoms with Crippen molar-refractivity contribution in [3.05, 3.63) is 47.6 Å². The predicted molar refractivity (Wildman–Crippen MR) is 289 cm³/mol. The molecular formula is C59H91NO20. The largest absolute Gasteiger partial charge is 0.511 e. The maximum Gasteiger partial charge on any atom is 0.511 e. The van der Waals surface area contributed by atoms with E-state index in [1.807, 2.05) is 51.2 Å². The third kappa shape index (κ3) is 16.9. The number of cyclic esters (lactones) is 1. The number of esters is 1. The Morgan fingerprint density at radius 3 is 2.20 bits per heavy atom. The fourth-order valence-corrected chi connectivity index (χ4v) is 11.9. The molecule has 1 unspecified atom stereocenters. The van der Waals surface area contributed by atoms with Crippen LogP contribution in [0.3, 0.4) is 0 Å². The number of ketones is 3. The second-order valence-corrected chi connectivity index (χ2v) is 23.0. The van der Waals surface area contributed by atoms with Crippen molar-refractivity contribution >= 4 is 35.4 Å². The van der Waals surface area contributed by atoms with Crippen molar-refractivity contribution in [2.75, 3.05) is 41.6 Å². The molecule has 0 radical (unpaired) electrons. The van der Waals surface area contributed by atoms with Crippen molar-refractivity contribution in [3.63, 3.8) is 0 Å². The SMILES string of the molecule is CO[C@H]1[C@H](OC(=O)O[C@@H]2CC[C@H](C[C@@H](C)[C@@H]3CC(=O)[C@H](C)/C=C(\C)[C@@H](O)[C@@H](OC)C(=O)[C@@H](C)C[C@H](C)/C=C/C=C/C=C(\C)[C@@H](OC)C[C@@H]4CC[C@@H](C)[C@@](O)(O4)C(=O)C(=O)N4CCCCC4C(=O)O3)C[C@H]2OC)O[C@H](CO)[C@@H](O)[C@@H]1O. The number of rotatable bonds is 10. The van der Waals surface area contributed by atoms with Gasteiger partial charge in [0, 0.05) is 65.6 Å². The van der Waals surface area contributed by atoms with Crippen molar-refractivity contribution in [1.82, 2.24) is 4.90 Å². The normalized spacial score (nSPS) is 40.8. The average molecular weight is 1130 g/mol. The summed E-state index contributed by atoms with van der Waals surface area (Å²) in [4.78, 5) is 85.9. The fourth-order valence-electron chi connectivity index (χ4n) is 11.9. The maximum absolute atomic E-state index is 14.6. The number of hydrogen-bond donors (Lipinski definition) is 5. The highest BCUT2D eigenvalue weighted by Crippen LogP contribution is 2.39. The molecule has 21 heteroatoms. The van der Waals surface area contributed by atoms with Crippen LogP contribution in [-0.4, -0.2) is 193 Å². The number of hydrogen-bond acceptors (Lipinski definition) is 20. The van der Waals surface area contributed by atoms with Gasteiger partial charge in [-0.15, -0.1) is 0 Å². The Morgan fingerprint density at radius 2 is 1.54 bits per heavy atom. The highest BCUT2D eigenvalue weighted by atomic mass is 16.8. The minimum absolute atomic E-state index is 0.0219. The Labute approximate surface area is 471 Å². The Morgan fingerprint density at radius 1 is 0.812 bits per heavy atom. The lowest BCUT2D eigenvalue weighted by Gasteiger charge is -2.42. The van der Waals surface area contributed by atoms with Crippen LogP contribution in [0.15, 0.2) is 47.6 Å². The molecule has 2 bridgehead atoms. The van der Waals surface area contributed by atoms with Crippen LogP contribution in [0.4, 0.5) is 4.79 Å². The highest BCUT2D eigenvalue weighted by molar-refractivity contribution is 6.39. The minimum atomic E-state index is -2.49. The number of fused-ring (bicyclic) bond motifs is 3. The lowest BCUT2D eigenvalue weighted by molar-refractivity contribution is -0.295. The third-order valence-electron chi connectivity index (χ3n) is 17.0. The minimum Gasteiger partial charge on any atom is -0.460 e. The molecule has 1 aliphatic carbocycles. The molecule has 0 aromatic heterocycles. The molecule has 4 heterocycles. The molecular weight excluding hydrogens is 1040 g/mol. The number of ether oxygens (including phenoxy) is 9. The van der Waals surface area contributed by atoms with Crippen LogP contribution in [0.2, 0.25) is 0 Å². The number of carbonyl (C=O) groups is 6. The summed E-state index contributed by atoms with van der Waals surface area (Å²) in [6.07, 6.45) is 0.567. The van der Waals surface area contributed by atoms with Gasteiger partial charge in [-0.2, -0.15) is 0 Å². The van der Waals surface area contributed by atoms with Gasteiger partial charge in [0.25, 0.3) is 11.7 Å². The van der Waals surface area contributed by atoms with Gasteiger partial charge in [0.05, 0.1) is 24.9 Å². The number of amides is 1. The fraction of sp³-hybridized carbons (Fsp3) is 0.763. The van der Waals surface area contributed by atoms with E-state index in [1.54, 1.807) is 40.9 Å². The van der Waals surface area contributed by atoms with Gasteiger partial charge in [-0.1, -0.05) is 71.1 Å². The number of methoxy groups -OCH3 is 4. The summed E-state index contributed by atoms with van der Waals surface area (Å²) in [6, 6.07) is -1.23. The quantitative estimate of drug-likeness (QED) is 0.112. The molecule has 21 nitrogen and oxygen atoms in total. The summed E-state index contributed by atoms with van der Waals surface area (Å²) in [6.45, 7) is 11.8. The first-order chi connectivity index (χ1) is 37.9. The van der Waals surface area contributed by atoms with Crippen molar-refractivity contribution in [2.45, 2.75) is 211 Å². The number of allylic oxidation sites excluding steroid dienone is 6.